The summed E-state index contributed by atoms with van der Waals surface area (Å²) < 4.78 is 13.3. The van der Waals surface area contributed by atoms with Crippen LogP contribution in [0, 0.1) is 0 Å². The van der Waals surface area contributed by atoms with Crippen LogP contribution in [0.3, 0.4) is 0 Å². The molecule has 150 valence electrons. The Morgan fingerprint density at radius 1 is 1.26 bits per heavy atom. The minimum atomic E-state index is -0.141. The molecule has 0 saturated carbocycles. The van der Waals surface area contributed by atoms with E-state index in [-0.39, 0.29) is 17.6 Å². The van der Waals surface area contributed by atoms with Crippen molar-refractivity contribution in [3.05, 3.63) is 11.9 Å². The lowest BCUT2D eigenvalue weighted by molar-refractivity contribution is -0.139. The van der Waals surface area contributed by atoms with E-state index in [1.807, 2.05) is 0 Å². The average Bonchev–Trinajstić information content (AvgIpc) is 3.17. The standard InChI is InChI=1S/C18H30N6O3/c25-17(20-15-1-10-27-18(13-15)2-11-26-12-3-18)16-14-24(22-21-16)9-8-23-6-4-19-5-7-23/h14-15,19H,1-13H2,(H,20,25)/t15-/m1/s1. The Morgan fingerprint density at radius 3 is 2.89 bits per heavy atom. The fourth-order valence-corrected chi connectivity index (χ4v) is 4.19. The number of hydrogen-bond donors (Lipinski definition) is 2. The summed E-state index contributed by atoms with van der Waals surface area (Å²) in [5.74, 6) is -0.141. The summed E-state index contributed by atoms with van der Waals surface area (Å²) in [4.78, 5) is 15.0. The number of hydrogen-bond acceptors (Lipinski definition) is 7. The van der Waals surface area contributed by atoms with Crippen molar-refractivity contribution in [2.24, 2.45) is 0 Å². The van der Waals surface area contributed by atoms with Crippen molar-refractivity contribution >= 4 is 5.91 Å². The Kier molecular flexibility index (Phi) is 6.01. The second kappa shape index (κ2) is 8.64. The molecule has 0 aliphatic carbocycles. The molecular weight excluding hydrogens is 348 g/mol. The van der Waals surface area contributed by atoms with Crippen LogP contribution in [0.1, 0.15) is 36.2 Å². The summed E-state index contributed by atoms with van der Waals surface area (Å²) in [6.07, 6.45) is 5.24. The van der Waals surface area contributed by atoms with Crippen LogP contribution in [0.15, 0.2) is 6.20 Å². The van der Waals surface area contributed by atoms with E-state index < -0.39 is 0 Å². The van der Waals surface area contributed by atoms with Crippen molar-refractivity contribution in [2.75, 3.05) is 52.5 Å². The maximum Gasteiger partial charge on any atom is 0.273 e. The molecule has 1 aromatic heterocycles. The maximum absolute atomic E-state index is 12.6. The molecule has 3 aliphatic rings. The lowest BCUT2D eigenvalue weighted by Crippen LogP contribution is -2.51. The van der Waals surface area contributed by atoms with Crippen molar-refractivity contribution in [2.45, 2.75) is 43.9 Å². The van der Waals surface area contributed by atoms with E-state index in [0.717, 1.165) is 78.2 Å². The first-order valence-corrected chi connectivity index (χ1v) is 10.1. The third kappa shape index (κ3) is 4.84. The number of piperazine rings is 1. The monoisotopic (exact) mass is 378 g/mol. The first-order chi connectivity index (χ1) is 13.2. The first-order valence-electron chi connectivity index (χ1n) is 10.1. The van der Waals surface area contributed by atoms with Crippen LogP contribution in [0.4, 0.5) is 0 Å². The molecule has 2 N–H and O–H groups in total. The van der Waals surface area contributed by atoms with E-state index in [1.54, 1.807) is 10.9 Å². The van der Waals surface area contributed by atoms with Crippen LogP contribution < -0.4 is 10.6 Å². The second-order valence-corrected chi connectivity index (χ2v) is 7.77. The summed E-state index contributed by atoms with van der Waals surface area (Å²) in [5, 5.41) is 14.7. The summed E-state index contributed by atoms with van der Waals surface area (Å²) in [5.41, 5.74) is 0.262. The molecule has 1 atom stereocenters. The lowest BCUT2D eigenvalue weighted by Gasteiger charge is -2.43. The molecule has 9 nitrogen and oxygen atoms in total. The third-order valence-electron chi connectivity index (χ3n) is 5.86. The Labute approximate surface area is 159 Å². The van der Waals surface area contributed by atoms with Gasteiger partial charge in [-0.25, -0.2) is 0 Å². The molecule has 0 bridgehead atoms. The number of ether oxygens (including phenoxy) is 2. The van der Waals surface area contributed by atoms with E-state index in [1.165, 1.54) is 0 Å². The van der Waals surface area contributed by atoms with Gasteiger partial charge in [-0.3, -0.25) is 14.4 Å². The number of carbonyl (C=O) groups excluding carboxylic acids is 1. The summed E-state index contributed by atoms with van der Waals surface area (Å²) >= 11 is 0. The zero-order valence-electron chi connectivity index (χ0n) is 15.9. The molecule has 3 saturated heterocycles. The summed E-state index contributed by atoms with van der Waals surface area (Å²) in [6, 6.07) is 0.121. The van der Waals surface area contributed by atoms with Gasteiger partial charge in [0.2, 0.25) is 0 Å². The Morgan fingerprint density at radius 2 is 2.07 bits per heavy atom. The molecule has 0 radical (unpaired) electrons. The highest BCUT2D eigenvalue weighted by molar-refractivity contribution is 5.92. The maximum atomic E-state index is 12.6. The molecule has 4 heterocycles. The summed E-state index contributed by atoms with van der Waals surface area (Å²) in [7, 11) is 0. The van der Waals surface area contributed by atoms with E-state index in [0.29, 0.717) is 12.3 Å². The van der Waals surface area contributed by atoms with Crippen LogP contribution in [0.5, 0.6) is 0 Å². The van der Waals surface area contributed by atoms with Gasteiger partial charge in [-0.1, -0.05) is 5.21 Å². The van der Waals surface area contributed by atoms with Gasteiger partial charge in [0, 0.05) is 58.6 Å². The van der Waals surface area contributed by atoms with Gasteiger partial charge < -0.3 is 20.1 Å². The average molecular weight is 378 g/mol. The van der Waals surface area contributed by atoms with Gasteiger partial charge in [-0.05, 0) is 25.7 Å². The highest BCUT2D eigenvalue weighted by Gasteiger charge is 2.39. The fourth-order valence-electron chi connectivity index (χ4n) is 4.19. The van der Waals surface area contributed by atoms with E-state index in [4.69, 9.17) is 9.47 Å². The summed E-state index contributed by atoms with van der Waals surface area (Å²) in [6.45, 7) is 8.01. The van der Waals surface area contributed by atoms with Crippen LogP contribution in [0.2, 0.25) is 0 Å². The van der Waals surface area contributed by atoms with Gasteiger partial charge in [-0.2, -0.15) is 0 Å². The lowest BCUT2D eigenvalue weighted by atomic mass is 9.84. The number of aromatic nitrogens is 3. The number of amides is 1. The SMILES string of the molecule is O=C(N[C@@H]1CCOC2(CCOCC2)C1)c1cn(CCN2CCNCC2)nn1. The normalized spacial score (nSPS) is 26.1. The zero-order chi connectivity index (χ0) is 18.5. The molecule has 3 fully saturated rings. The first kappa shape index (κ1) is 18.8. The van der Waals surface area contributed by atoms with Crippen molar-refractivity contribution in [1.82, 2.24) is 30.5 Å². The third-order valence-corrected chi connectivity index (χ3v) is 5.86. The molecule has 0 aromatic carbocycles. The van der Waals surface area contributed by atoms with E-state index >= 15 is 0 Å². The highest BCUT2D eigenvalue weighted by Crippen LogP contribution is 2.34. The molecule has 1 amide bonds. The van der Waals surface area contributed by atoms with Crippen molar-refractivity contribution < 1.29 is 14.3 Å². The second-order valence-electron chi connectivity index (χ2n) is 7.77. The van der Waals surface area contributed by atoms with Gasteiger partial charge in [0.05, 0.1) is 18.3 Å². The molecule has 1 aromatic rings. The molecule has 0 unspecified atom stereocenters. The Bertz CT molecular complexity index is 619. The van der Waals surface area contributed by atoms with Gasteiger partial charge in [0.1, 0.15) is 0 Å². The number of nitrogens with one attached hydrogen (secondary N) is 2. The zero-order valence-corrected chi connectivity index (χ0v) is 15.9. The fraction of sp³-hybridized carbons (Fsp3) is 0.833. The quantitative estimate of drug-likeness (QED) is 0.723. The van der Waals surface area contributed by atoms with Crippen LogP contribution in [0.25, 0.3) is 0 Å². The van der Waals surface area contributed by atoms with Crippen LogP contribution in [-0.4, -0.2) is 90.0 Å². The molecule has 3 aliphatic heterocycles. The van der Waals surface area contributed by atoms with Crippen LogP contribution >= 0.6 is 0 Å². The number of carbonyl (C=O) groups is 1. The van der Waals surface area contributed by atoms with Gasteiger partial charge in [0.25, 0.3) is 5.91 Å². The molecule has 27 heavy (non-hydrogen) atoms. The largest absolute Gasteiger partial charge is 0.381 e. The molecule has 4 rings (SSSR count). The van der Waals surface area contributed by atoms with Crippen molar-refractivity contribution in [3.63, 3.8) is 0 Å². The Hall–Kier alpha value is -1.55. The van der Waals surface area contributed by atoms with Crippen molar-refractivity contribution in [3.8, 4) is 0 Å². The number of nitrogens with zero attached hydrogens (tertiary/aromatic N) is 4. The number of rotatable bonds is 5. The van der Waals surface area contributed by atoms with Crippen LogP contribution in [-0.2, 0) is 16.0 Å². The molecule has 9 heteroatoms. The van der Waals surface area contributed by atoms with Gasteiger partial charge in [0.15, 0.2) is 5.69 Å². The van der Waals surface area contributed by atoms with Crippen molar-refractivity contribution in [1.29, 1.82) is 0 Å². The minimum Gasteiger partial charge on any atom is -0.381 e. The molecular formula is C18H30N6O3. The highest BCUT2D eigenvalue weighted by atomic mass is 16.5. The van der Waals surface area contributed by atoms with Gasteiger partial charge in [-0.15, -0.1) is 5.10 Å². The Balaban J connectivity index is 1.27. The smallest absolute Gasteiger partial charge is 0.273 e. The van der Waals surface area contributed by atoms with E-state index in [2.05, 4.69) is 25.8 Å². The predicted molar refractivity (Wildman–Crippen MR) is 98.6 cm³/mol. The topological polar surface area (TPSA) is 93.5 Å². The molecule has 1 spiro atoms. The van der Waals surface area contributed by atoms with E-state index in [9.17, 15) is 4.79 Å². The minimum absolute atomic E-state index is 0.121. The van der Waals surface area contributed by atoms with Gasteiger partial charge >= 0.3 is 0 Å². The predicted octanol–water partition coefficient (Wildman–Crippen LogP) is -0.359.